The molecule has 0 saturated heterocycles. The minimum atomic E-state index is -0.175. The Balaban J connectivity index is 1.51. The molecule has 0 radical (unpaired) electrons. The molecular weight excluding hydrogens is 395 g/mol. The van der Waals surface area contributed by atoms with E-state index in [-0.39, 0.29) is 11.5 Å². The molecule has 1 aliphatic heterocycles. The van der Waals surface area contributed by atoms with Crippen LogP contribution in [0.3, 0.4) is 0 Å². The van der Waals surface area contributed by atoms with Gasteiger partial charge in [0.1, 0.15) is 18.1 Å². The van der Waals surface area contributed by atoms with Gasteiger partial charge in [-0.1, -0.05) is 59.1 Å². The SMILES string of the molecule is Cc1ccc(COc2ccc3c(c2)O/C(=C/c2ccc(Cl)c(Cl)c2)C3=O)cc1. The Bertz CT molecular complexity index is 1090. The quantitative estimate of drug-likeness (QED) is 0.460. The van der Waals surface area contributed by atoms with Gasteiger partial charge < -0.3 is 9.47 Å². The number of fused-ring (bicyclic) bond motifs is 1. The zero-order valence-corrected chi connectivity index (χ0v) is 16.6. The number of rotatable bonds is 4. The Labute approximate surface area is 173 Å². The molecule has 4 rings (SSSR count). The van der Waals surface area contributed by atoms with E-state index in [1.807, 2.05) is 31.2 Å². The number of Topliss-reactive ketones (excluding diaryl/α,β-unsaturated/α-hetero) is 1. The number of hydrogen-bond acceptors (Lipinski definition) is 3. The lowest BCUT2D eigenvalue weighted by atomic mass is 10.1. The summed E-state index contributed by atoms with van der Waals surface area (Å²) in [4.78, 5) is 12.6. The van der Waals surface area contributed by atoms with Gasteiger partial charge in [0, 0.05) is 6.07 Å². The van der Waals surface area contributed by atoms with E-state index < -0.39 is 0 Å². The van der Waals surface area contributed by atoms with Crippen molar-refractivity contribution in [2.24, 2.45) is 0 Å². The molecule has 0 bridgehead atoms. The number of allylic oxidation sites excluding steroid dienone is 1. The van der Waals surface area contributed by atoms with Gasteiger partial charge in [-0.2, -0.15) is 0 Å². The number of ether oxygens (including phenoxy) is 2. The molecule has 0 unspecified atom stereocenters. The van der Waals surface area contributed by atoms with E-state index in [2.05, 4.69) is 0 Å². The third-order valence-corrected chi connectivity index (χ3v) is 5.15. The summed E-state index contributed by atoms with van der Waals surface area (Å²) in [6.07, 6.45) is 1.65. The molecule has 3 aromatic carbocycles. The topological polar surface area (TPSA) is 35.5 Å². The van der Waals surface area contributed by atoms with Crippen molar-refractivity contribution in [3.63, 3.8) is 0 Å². The Kier molecular flexibility index (Phi) is 5.12. The normalized spacial score (nSPS) is 14.1. The lowest BCUT2D eigenvalue weighted by Crippen LogP contribution is -1.98. The van der Waals surface area contributed by atoms with Gasteiger partial charge in [-0.25, -0.2) is 0 Å². The van der Waals surface area contributed by atoms with Crippen LogP contribution >= 0.6 is 23.2 Å². The van der Waals surface area contributed by atoms with Crippen molar-refractivity contribution >= 4 is 35.1 Å². The van der Waals surface area contributed by atoms with Crippen molar-refractivity contribution in [2.75, 3.05) is 0 Å². The predicted molar refractivity (Wildman–Crippen MR) is 111 cm³/mol. The second-order valence-electron chi connectivity index (χ2n) is 6.55. The summed E-state index contributed by atoms with van der Waals surface area (Å²) in [7, 11) is 0. The van der Waals surface area contributed by atoms with Crippen molar-refractivity contribution in [1.82, 2.24) is 0 Å². The molecule has 28 heavy (non-hydrogen) atoms. The van der Waals surface area contributed by atoms with Crippen LogP contribution in [0.4, 0.5) is 0 Å². The molecule has 1 heterocycles. The molecule has 0 spiro atoms. The van der Waals surface area contributed by atoms with E-state index >= 15 is 0 Å². The first-order chi connectivity index (χ1) is 13.5. The fraction of sp³-hybridized carbons (Fsp3) is 0.0870. The van der Waals surface area contributed by atoms with Gasteiger partial charge in [0.05, 0.1) is 15.6 Å². The summed E-state index contributed by atoms with van der Waals surface area (Å²) in [5, 5.41) is 0.881. The fourth-order valence-electron chi connectivity index (χ4n) is 2.86. The molecule has 0 fully saturated rings. The van der Waals surface area contributed by atoms with Crippen molar-refractivity contribution < 1.29 is 14.3 Å². The summed E-state index contributed by atoms with van der Waals surface area (Å²) < 4.78 is 11.6. The summed E-state index contributed by atoms with van der Waals surface area (Å²) in [6.45, 7) is 2.49. The van der Waals surface area contributed by atoms with Crippen molar-refractivity contribution in [2.45, 2.75) is 13.5 Å². The Hall–Kier alpha value is -2.75. The average molecular weight is 411 g/mol. The number of benzene rings is 3. The number of carbonyl (C=O) groups excluding carboxylic acids is 1. The molecule has 0 aromatic heterocycles. The zero-order chi connectivity index (χ0) is 19.7. The van der Waals surface area contributed by atoms with Gasteiger partial charge in [-0.15, -0.1) is 0 Å². The number of aryl methyl sites for hydroxylation is 1. The monoisotopic (exact) mass is 410 g/mol. The summed E-state index contributed by atoms with van der Waals surface area (Å²) in [5.41, 5.74) is 3.52. The zero-order valence-electron chi connectivity index (χ0n) is 15.0. The third-order valence-electron chi connectivity index (χ3n) is 4.41. The first kappa shape index (κ1) is 18.6. The van der Waals surface area contributed by atoms with Crippen molar-refractivity contribution in [3.05, 3.63) is 98.7 Å². The van der Waals surface area contributed by atoms with Crippen LogP contribution < -0.4 is 9.47 Å². The number of halogens is 2. The minimum absolute atomic E-state index is 0.175. The van der Waals surface area contributed by atoms with Crippen molar-refractivity contribution in [1.29, 1.82) is 0 Å². The third kappa shape index (κ3) is 3.91. The highest BCUT2D eigenvalue weighted by Crippen LogP contribution is 2.35. The number of carbonyl (C=O) groups is 1. The molecular formula is C23H16Cl2O3. The van der Waals surface area contributed by atoms with E-state index in [1.165, 1.54) is 5.56 Å². The smallest absolute Gasteiger partial charge is 0.231 e. The maximum atomic E-state index is 12.6. The van der Waals surface area contributed by atoms with E-state index in [4.69, 9.17) is 32.7 Å². The van der Waals surface area contributed by atoms with Crippen LogP contribution in [0, 0.1) is 6.92 Å². The van der Waals surface area contributed by atoms with Gasteiger partial charge in [0.15, 0.2) is 5.76 Å². The van der Waals surface area contributed by atoms with Crippen LogP contribution in [0.2, 0.25) is 10.0 Å². The van der Waals surface area contributed by atoms with E-state index in [0.717, 1.165) is 11.1 Å². The fourth-order valence-corrected chi connectivity index (χ4v) is 3.17. The lowest BCUT2D eigenvalue weighted by Gasteiger charge is -2.07. The van der Waals surface area contributed by atoms with Crippen LogP contribution in [0.5, 0.6) is 11.5 Å². The van der Waals surface area contributed by atoms with Crippen LogP contribution in [0.15, 0.2) is 66.4 Å². The summed E-state index contributed by atoms with van der Waals surface area (Å²) in [6, 6.07) is 18.5. The Morgan fingerprint density at radius 1 is 0.964 bits per heavy atom. The molecule has 5 heteroatoms. The Morgan fingerprint density at radius 3 is 2.50 bits per heavy atom. The lowest BCUT2D eigenvalue weighted by molar-refractivity contribution is 0.101. The highest BCUT2D eigenvalue weighted by Gasteiger charge is 2.27. The molecule has 0 atom stereocenters. The first-order valence-corrected chi connectivity index (χ1v) is 9.47. The highest BCUT2D eigenvalue weighted by atomic mass is 35.5. The number of hydrogen-bond donors (Lipinski definition) is 0. The predicted octanol–water partition coefficient (Wildman–Crippen LogP) is 6.50. The second-order valence-corrected chi connectivity index (χ2v) is 7.36. The number of ketones is 1. The maximum Gasteiger partial charge on any atom is 0.231 e. The highest BCUT2D eigenvalue weighted by molar-refractivity contribution is 6.42. The van der Waals surface area contributed by atoms with Crippen LogP contribution in [0.25, 0.3) is 6.08 Å². The molecule has 0 aliphatic carbocycles. The van der Waals surface area contributed by atoms with Gasteiger partial charge >= 0.3 is 0 Å². The standard InChI is InChI=1S/C23H16Cl2O3/c1-14-2-4-15(5-3-14)13-27-17-7-8-18-21(12-17)28-22(23(18)26)11-16-6-9-19(24)20(25)10-16/h2-12H,13H2,1H3/b22-11+. The van der Waals surface area contributed by atoms with Gasteiger partial charge in [0.25, 0.3) is 0 Å². The van der Waals surface area contributed by atoms with Crippen molar-refractivity contribution in [3.8, 4) is 11.5 Å². The maximum absolute atomic E-state index is 12.6. The second kappa shape index (κ2) is 7.70. The first-order valence-electron chi connectivity index (χ1n) is 8.71. The molecule has 0 amide bonds. The van der Waals surface area contributed by atoms with Crippen LogP contribution in [-0.2, 0) is 6.61 Å². The summed E-state index contributed by atoms with van der Waals surface area (Å²) in [5.74, 6) is 1.19. The Morgan fingerprint density at radius 2 is 1.75 bits per heavy atom. The minimum Gasteiger partial charge on any atom is -0.489 e. The molecule has 140 valence electrons. The largest absolute Gasteiger partial charge is 0.489 e. The van der Waals surface area contributed by atoms with Gasteiger partial charge in [-0.3, -0.25) is 4.79 Å². The van der Waals surface area contributed by atoms with E-state index in [9.17, 15) is 4.79 Å². The van der Waals surface area contributed by atoms with Crippen LogP contribution in [0.1, 0.15) is 27.0 Å². The molecule has 0 N–H and O–H groups in total. The molecule has 0 saturated carbocycles. The van der Waals surface area contributed by atoms with E-state index in [0.29, 0.717) is 33.7 Å². The molecule has 3 aromatic rings. The van der Waals surface area contributed by atoms with Gasteiger partial charge in [-0.05, 0) is 48.4 Å². The van der Waals surface area contributed by atoms with E-state index in [1.54, 1.807) is 42.5 Å². The molecule has 3 nitrogen and oxygen atoms in total. The average Bonchev–Trinajstić information content (AvgIpc) is 2.99. The summed E-state index contributed by atoms with van der Waals surface area (Å²) >= 11 is 12.0. The van der Waals surface area contributed by atoms with Crippen LogP contribution in [-0.4, -0.2) is 5.78 Å². The van der Waals surface area contributed by atoms with Gasteiger partial charge in [0.2, 0.25) is 5.78 Å². The molecule has 1 aliphatic rings.